The molecule has 3 aromatic carbocycles. The van der Waals surface area contributed by atoms with Crippen molar-refractivity contribution in [2.45, 2.75) is 38.5 Å². The molecule has 0 aromatic heterocycles. The molecule has 0 aliphatic carbocycles. The first-order valence-electron chi connectivity index (χ1n) is 11.4. The van der Waals surface area contributed by atoms with E-state index in [4.69, 9.17) is 10.5 Å². The van der Waals surface area contributed by atoms with E-state index in [1.165, 1.54) is 11.1 Å². The zero-order chi connectivity index (χ0) is 22.1. The van der Waals surface area contributed by atoms with Gasteiger partial charge in [-0.2, -0.15) is 0 Å². The van der Waals surface area contributed by atoms with Gasteiger partial charge in [0.05, 0.1) is 5.69 Å². The Balaban J connectivity index is 1.41. The van der Waals surface area contributed by atoms with Crippen molar-refractivity contribution in [2.75, 3.05) is 24.5 Å². The number of fused-ring (bicyclic) bond motifs is 2. The smallest absolute Gasteiger partial charge is 0.143 e. The Kier molecular flexibility index (Phi) is 5.85. The highest BCUT2D eigenvalue weighted by atomic mass is 19.1. The Labute approximate surface area is 189 Å². The van der Waals surface area contributed by atoms with Crippen molar-refractivity contribution in [3.63, 3.8) is 0 Å². The van der Waals surface area contributed by atoms with Crippen LogP contribution in [0, 0.1) is 12.7 Å². The van der Waals surface area contributed by atoms with Gasteiger partial charge in [0, 0.05) is 36.4 Å². The number of anilines is 2. The van der Waals surface area contributed by atoms with Crippen LogP contribution < -0.4 is 15.4 Å². The van der Waals surface area contributed by atoms with Crippen LogP contribution in [0.1, 0.15) is 35.6 Å². The normalized spacial score (nSPS) is 19.1. The van der Waals surface area contributed by atoms with Crippen LogP contribution >= 0.6 is 0 Å². The van der Waals surface area contributed by atoms with Crippen LogP contribution in [0.4, 0.5) is 15.8 Å². The van der Waals surface area contributed by atoms with Crippen molar-refractivity contribution in [1.82, 2.24) is 4.90 Å². The lowest BCUT2D eigenvalue weighted by Crippen LogP contribution is -2.42. The van der Waals surface area contributed by atoms with E-state index >= 15 is 0 Å². The summed E-state index contributed by atoms with van der Waals surface area (Å²) in [5, 5.41) is 0. The quantitative estimate of drug-likeness (QED) is 0.593. The fourth-order valence-electron chi connectivity index (χ4n) is 5.03. The number of ether oxygens (including phenoxy) is 1. The minimum absolute atomic E-state index is 0.0170. The van der Waals surface area contributed by atoms with Gasteiger partial charge in [0.25, 0.3) is 0 Å². The van der Waals surface area contributed by atoms with Gasteiger partial charge in [-0.3, -0.25) is 4.90 Å². The van der Waals surface area contributed by atoms with Crippen LogP contribution in [0.3, 0.4) is 0 Å². The fourth-order valence-corrected chi connectivity index (χ4v) is 5.03. The minimum Gasteiger partial charge on any atom is -0.487 e. The number of nitrogens with two attached hydrogens (primary N) is 1. The van der Waals surface area contributed by atoms with E-state index in [1.54, 1.807) is 12.1 Å². The van der Waals surface area contributed by atoms with Crippen LogP contribution in [0.15, 0.2) is 66.7 Å². The number of hydrogen-bond donors (Lipinski definition) is 1. The van der Waals surface area contributed by atoms with Gasteiger partial charge in [0.15, 0.2) is 0 Å². The van der Waals surface area contributed by atoms with E-state index in [9.17, 15) is 4.39 Å². The van der Waals surface area contributed by atoms with Crippen LogP contribution in [0.25, 0.3) is 0 Å². The summed E-state index contributed by atoms with van der Waals surface area (Å²) in [6, 6.07) is 22.0. The van der Waals surface area contributed by atoms with E-state index in [1.807, 2.05) is 24.3 Å². The van der Waals surface area contributed by atoms with E-state index in [0.717, 1.165) is 55.2 Å². The van der Waals surface area contributed by atoms with Crippen molar-refractivity contribution in [1.29, 1.82) is 0 Å². The number of para-hydroxylation sites is 2. The van der Waals surface area contributed by atoms with Crippen molar-refractivity contribution < 1.29 is 9.13 Å². The summed E-state index contributed by atoms with van der Waals surface area (Å²) in [6.45, 7) is 5.17. The van der Waals surface area contributed by atoms with Crippen molar-refractivity contribution in [3.8, 4) is 5.75 Å². The molecule has 0 saturated carbocycles. The highest BCUT2D eigenvalue weighted by Gasteiger charge is 2.31. The third kappa shape index (κ3) is 4.23. The highest BCUT2D eigenvalue weighted by Crippen LogP contribution is 2.40. The molecular formula is C27H30FN3O. The van der Waals surface area contributed by atoms with Gasteiger partial charge < -0.3 is 15.4 Å². The summed E-state index contributed by atoms with van der Waals surface area (Å²) < 4.78 is 20.0. The van der Waals surface area contributed by atoms with E-state index < -0.39 is 0 Å². The first-order valence-corrected chi connectivity index (χ1v) is 11.4. The van der Waals surface area contributed by atoms with Gasteiger partial charge in [-0.1, -0.05) is 42.0 Å². The third-order valence-electron chi connectivity index (χ3n) is 6.67. The molecule has 5 heteroatoms. The Morgan fingerprint density at radius 1 is 1.06 bits per heavy atom. The molecule has 1 saturated heterocycles. The van der Waals surface area contributed by atoms with Crippen LogP contribution in [-0.2, 0) is 6.61 Å². The molecule has 0 spiro atoms. The van der Waals surface area contributed by atoms with Gasteiger partial charge >= 0.3 is 0 Å². The monoisotopic (exact) mass is 431 g/mol. The number of hydrogen-bond acceptors (Lipinski definition) is 4. The molecule has 32 heavy (non-hydrogen) atoms. The second kappa shape index (κ2) is 8.93. The molecule has 0 radical (unpaired) electrons. The molecule has 2 unspecified atom stereocenters. The summed E-state index contributed by atoms with van der Waals surface area (Å²) in [6.07, 6.45) is 2.28. The number of likely N-dealkylation sites (tertiary alicyclic amines) is 1. The number of nitrogens with zero attached hydrogens (tertiary/aromatic N) is 2. The molecule has 2 aliphatic heterocycles. The molecule has 1 fully saturated rings. The van der Waals surface area contributed by atoms with E-state index in [2.05, 4.69) is 47.1 Å². The Morgan fingerprint density at radius 3 is 2.81 bits per heavy atom. The maximum Gasteiger partial charge on any atom is 0.143 e. The maximum atomic E-state index is 14.0. The zero-order valence-electron chi connectivity index (χ0n) is 18.5. The number of aryl methyl sites for hydroxylation is 1. The first-order chi connectivity index (χ1) is 15.6. The Bertz CT molecular complexity index is 1100. The number of rotatable bonds is 5. The molecule has 4 nitrogen and oxygen atoms in total. The maximum absolute atomic E-state index is 14.0. The lowest BCUT2D eigenvalue weighted by molar-refractivity contribution is 0.243. The highest BCUT2D eigenvalue weighted by molar-refractivity contribution is 5.73. The third-order valence-corrected chi connectivity index (χ3v) is 6.67. The van der Waals surface area contributed by atoms with Crippen LogP contribution in [-0.4, -0.2) is 30.6 Å². The standard InChI is InChI=1S/C27H30FN3O/c1-19-6-4-7-20(14-19)24(29)17-30-13-5-8-23(30)16-31-25-12-11-22(28)15-21(25)18-32-27-10-3-2-9-26(27)31/h2-4,6-7,9-12,14-15,23-24H,5,8,13,16-18,29H2,1H3. The molecule has 2 aliphatic rings. The van der Waals surface area contributed by atoms with Crippen LogP contribution in [0.5, 0.6) is 5.75 Å². The predicted molar refractivity (Wildman–Crippen MR) is 127 cm³/mol. The van der Waals surface area contributed by atoms with Crippen molar-refractivity contribution >= 4 is 11.4 Å². The number of benzene rings is 3. The topological polar surface area (TPSA) is 41.7 Å². The summed E-state index contributed by atoms with van der Waals surface area (Å²) in [7, 11) is 0. The molecule has 166 valence electrons. The summed E-state index contributed by atoms with van der Waals surface area (Å²) in [4.78, 5) is 4.82. The predicted octanol–water partition coefficient (Wildman–Crippen LogP) is 5.33. The zero-order valence-corrected chi connectivity index (χ0v) is 18.5. The molecule has 0 amide bonds. The number of halogens is 1. The van der Waals surface area contributed by atoms with Gasteiger partial charge in [-0.25, -0.2) is 4.39 Å². The SMILES string of the molecule is Cc1cccc(C(N)CN2CCCC2CN2c3ccc(F)cc3COc3ccccc32)c1. The second-order valence-electron chi connectivity index (χ2n) is 8.95. The average molecular weight is 432 g/mol. The van der Waals surface area contributed by atoms with Gasteiger partial charge in [-0.05, 0) is 62.2 Å². The molecular weight excluding hydrogens is 401 g/mol. The van der Waals surface area contributed by atoms with Gasteiger partial charge in [-0.15, -0.1) is 0 Å². The van der Waals surface area contributed by atoms with Crippen molar-refractivity contribution in [2.24, 2.45) is 5.73 Å². The molecule has 2 atom stereocenters. The van der Waals surface area contributed by atoms with Gasteiger partial charge in [0.2, 0.25) is 0 Å². The Morgan fingerprint density at radius 2 is 1.94 bits per heavy atom. The van der Waals surface area contributed by atoms with Gasteiger partial charge in [0.1, 0.15) is 18.2 Å². The summed E-state index contributed by atoms with van der Waals surface area (Å²) in [5.74, 6) is 0.606. The molecule has 2 heterocycles. The molecule has 5 rings (SSSR count). The first kappa shape index (κ1) is 21.0. The molecule has 0 bridgehead atoms. The fraction of sp³-hybridized carbons (Fsp3) is 0.333. The van der Waals surface area contributed by atoms with E-state index in [-0.39, 0.29) is 11.9 Å². The minimum atomic E-state index is -0.232. The molecule has 3 aromatic rings. The lowest BCUT2D eigenvalue weighted by atomic mass is 10.0. The second-order valence-corrected chi connectivity index (χ2v) is 8.95. The largest absolute Gasteiger partial charge is 0.487 e. The Hall–Kier alpha value is -2.89. The summed E-state index contributed by atoms with van der Waals surface area (Å²) in [5.41, 5.74) is 12.0. The molecule has 2 N–H and O–H groups in total. The van der Waals surface area contributed by atoms with Crippen molar-refractivity contribution in [3.05, 3.63) is 89.2 Å². The lowest BCUT2D eigenvalue weighted by Gasteiger charge is -2.34. The average Bonchev–Trinajstić information content (AvgIpc) is 3.16. The van der Waals surface area contributed by atoms with Crippen LogP contribution in [0.2, 0.25) is 0 Å². The van der Waals surface area contributed by atoms with E-state index in [0.29, 0.717) is 12.6 Å². The summed E-state index contributed by atoms with van der Waals surface area (Å²) >= 11 is 0.